The van der Waals surface area contributed by atoms with Gasteiger partial charge in [0.05, 0.1) is 25.6 Å². The van der Waals surface area contributed by atoms with Gasteiger partial charge in [-0.05, 0) is 37.3 Å². The summed E-state index contributed by atoms with van der Waals surface area (Å²) in [4.78, 5) is 12.3. The van der Waals surface area contributed by atoms with Gasteiger partial charge in [-0.1, -0.05) is 30.4 Å². The van der Waals surface area contributed by atoms with E-state index in [-0.39, 0.29) is 5.69 Å². The maximum Gasteiger partial charge on any atom is 0.362 e. The van der Waals surface area contributed by atoms with Crippen LogP contribution in [0.1, 0.15) is 29.8 Å². The molecule has 1 heterocycles. The minimum Gasteiger partial charge on any atom is -0.493 e. The first-order valence-corrected chi connectivity index (χ1v) is 7.79. The fourth-order valence-corrected chi connectivity index (χ4v) is 2.63. The van der Waals surface area contributed by atoms with Gasteiger partial charge in [0.25, 0.3) is 0 Å². The third-order valence-corrected chi connectivity index (χ3v) is 3.94. The van der Waals surface area contributed by atoms with E-state index in [1.165, 1.54) is 7.11 Å². The number of rotatable bonds is 5. The minimum absolute atomic E-state index is 0.211. The first-order valence-electron chi connectivity index (χ1n) is 7.79. The number of allylic oxidation sites excluding steroid dienone is 2. The molecule has 0 radical (unpaired) electrons. The van der Waals surface area contributed by atoms with Gasteiger partial charge in [-0.25, -0.2) is 9.48 Å². The fourth-order valence-electron chi connectivity index (χ4n) is 2.63. The van der Waals surface area contributed by atoms with Crippen LogP contribution < -0.4 is 4.74 Å². The first-order chi connectivity index (χ1) is 11.3. The lowest BCUT2D eigenvalue weighted by molar-refractivity contribution is 0.0421. The highest BCUT2D eigenvalue weighted by Crippen LogP contribution is 2.22. The van der Waals surface area contributed by atoms with Crippen molar-refractivity contribution in [1.82, 2.24) is 9.78 Å². The van der Waals surface area contributed by atoms with E-state index in [1.54, 1.807) is 10.9 Å². The lowest BCUT2D eigenvalue weighted by Crippen LogP contribution is -2.16. The molecule has 1 atom stereocenters. The molecule has 1 aliphatic carbocycles. The van der Waals surface area contributed by atoms with Crippen molar-refractivity contribution in [3.8, 4) is 11.4 Å². The zero-order valence-electron chi connectivity index (χ0n) is 13.1. The van der Waals surface area contributed by atoms with Crippen LogP contribution in [0.15, 0.2) is 48.7 Å². The van der Waals surface area contributed by atoms with Crippen molar-refractivity contribution < 1.29 is 14.3 Å². The molecule has 0 saturated carbocycles. The average Bonchev–Trinajstić information content (AvgIpc) is 3.06. The summed E-state index contributed by atoms with van der Waals surface area (Å²) in [5, 5.41) is 4.32. The van der Waals surface area contributed by atoms with E-state index in [9.17, 15) is 4.79 Å². The Labute approximate surface area is 135 Å². The van der Waals surface area contributed by atoms with Gasteiger partial charge in [0.2, 0.25) is 5.69 Å². The Morgan fingerprint density at radius 2 is 2.13 bits per heavy atom. The summed E-state index contributed by atoms with van der Waals surface area (Å²) in [5.74, 6) is 0.375. The van der Waals surface area contributed by atoms with Gasteiger partial charge in [0.1, 0.15) is 0 Å². The van der Waals surface area contributed by atoms with Crippen LogP contribution in [-0.4, -0.2) is 29.5 Å². The highest BCUT2D eigenvalue weighted by atomic mass is 16.5. The maximum atomic E-state index is 12.3. The normalized spacial score (nSPS) is 17.0. The van der Waals surface area contributed by atoms with Crippen LogP contribution in [0.4, 0.5) is 0 Å². The van der Waals surface area contributed by atoms with Crippen LogP contribution in [0.3, 0.4) is 0 Å². The molecule has 1 aromatic heterocycles. The average molecular weight is 312 g/mol. The van der Waals surface area contributed by atoms with Crippen molar-refractivity contribution in [2.75, 3.05) is 13.7 Å². The van der Waals surface area contributed by atoms with Gasteiger partial charge in [0, 0.05) is 0 Å². The van der Waals surface area contributed by atoms with Crippen LogP contribution in [0, 0.1) is 5.92 Å². The molecular formula is C18H20N2O3. The summed E-state index contributed by atoms with van der Waals surface area (Å²) in [6.45, 7) is 0.421. The molecule has 0 bridgehead atoms. The van der Waals surface area contributed by atoms with Crippen LogP contribution in [-0.2, 0) is 4.74 Å². The predicted molar refractivity (Wildman–Crippen MR) is 86.9 cm³/mol. The zero-order chi connectivity index (χ0) is 16.1. The smallest absolute Gasteiger partial charge is 0.362 e. The third-order valence-electron chi connectivity index (χ3n) is 3.94. The molecular weight excluding hydrogens is 292 g/mol. The van der Waals surface area contributed by atoms with E-state index in [1.807, 2.05) is 30.3 Å². The van der Waals surface area contributed by atoms with Gasteiger partial charge in [-0.3, -0.25) is 0 Å². The second kappa shape index (κ2) is 7.13. The zero-order valence-corrected chi connectivity index (χ0v) is 13.1. The number of benzene rings is 1. The van der Waals surface area contributed by atoms with E-state index in [2.05, 4.69) is 17.3 Å². The Balaban J connectivity index is 1.72. The standard InChI is InChI=1S/C18H20N2O3/c1-22-16-12-20(15-10-6-3-7-11-15)19-17(16)18(21)23-13-14-8-4-2-5-9-14/h2-4,6-7,10-12,14H,5,8-9,13H2,1H3. The monoisotopic (exact) mass is 312 g/mol. The molecule has 0 spiro atoms. The molecule has 1 aliphatic rings. The number of methoxy groups -OCH3 is 1. The molecule has 1 aromatic carbocycles. The summed E-state index contributed by atoms with van der Waals surface area (Å²) in [5.41, 5.74) is 1.07. The predicted octanol–water partition coefficient (Wildman–Crippen LogP) is 3.39. The molecule has 0 amide bonds. The minimum atomic E-state index is -0.439. The molecule has 5 heteroatoms. The van der Waals surface area contributed by atoms with E-state index in [4.69, 9.17) is 9.47 Å². The van der Waals surface area contributed by atoms with E-state index in [0.717, 1.165) is 24.9 Å². The molecule has 0 aliphatic heterocycles. The quantitative estimate of drug-likeness (QED) is 0.627. The molecule has 0 N–H and O–H groups in total. The Morgan fingerprint density at radius 1 is 1.30 bits per heavy atom. The molecule has 0 saturated heterocycles. The van der Waals surface area contributed by atoms with Gasteiger partial charge in [-0.15, -0.1) is 0 Å². The third kappa shape index (κ3) is 3.62. The number of carbonyl (C=O) groups excluding carboxylic acids is 1. The number of hydrogen-bond acceptors (Lipinski definition) is 4. The van der Waals surface area contributed by atoms with E-state index < -0.39 is 5.97 Å². The highest BCUT2D eigenvalue weighted by Gasteiger charge is 2.21. The van der Waals surface area contributed by atoms with Crippen molar-refractivity contribution in [1.29, 1.82) is 0 Å². The number of esters is 1. The van der Waals surface area contributed by atoms with Gasteiger partial charge in [-0.2, -0.15) is 5.10 Å². The molecule has 23 heavy (non-hydrogen) atoms. The SMILES string of the molecule is COc1cn(-c2ccccc2)nc1C(=O)OCC1CC=CCC1. The second-order valence-electron chi connectivity index (χ2n) is 5.58. The lowest BCUT2D eigenvalue weighted by Gasteiger charge is -2.17. The summed E-state index contributed by atoms with van der Waals surface area (Å²) in [7, 11) is 1.52. The van der Waals surface area contributed by atoms with Crippen molar-refractivity contribution in [3.63, 3.8) is 0 Å². The van der Waals surface area contributed by atoms with Crippen LogP contribution in [0.25, 0.3) is 5.69 Å². The summed E-state index contributed by atoms with van der Waals surface area (Å²) in [6, 6.07) is 9.58. The van der Waals surface area contributed by atoms with Gasteiger partial charge >= 0.3 is 5.97 Å². The van der Waals surface area contributed by atoms with Crippen molar-refractivity contribution in [3.05, 3.63) is 54.4 Å². The Bertz CT molecular complexity index is 692. The van der Waals surface area contributed by atoms with Gasteiger partial charge in [0.15, 0.2) is 5.75 Å². The number of hydrogen-bond donors (Lipinski definition) is 0. The Hall–Kier alpha value is -2.56. The summed E-state index contributed by atoms with van der Waals surface area (Å²) in [6.07, 6.45) is 9.07. The molecule has 2 aromatic rings. The largest absolute Gasteiger partial charge is 0.493 e. The molecule has 3 rings (SSSR count). The lowest BCUT2D eigenvalue weighted by atomic mass is 9.95. The number of para-hydroxylation sites is 1. The van der Waals surface area contributed by atoms with Crippen LogP contribution in [0.5, 0.6) is 5.75 Å². The Morgan fingerprint density at radius 3 is 2.83 bits per heavy atom. The number of carbonyl (C=O) groups is 1. The van der Waals surface area contributed by atoms with Crippen LogP contribution >= 0.6 is 0 Å². The summed E-state index contributed by atoms with van der Waals surface area (Å²) < 4.78 is 12.3. The maximum absolute atomic E-state index is 12.3. The Kier molecular flexibility index (Phi) is 4.76. The van der Waals surface area contributed by atoms with Gasteiger partial charge < -0.3 is 9.47 Å². The number of nitrogens with zero attached hydrogens (tertiary/aromatic N) is 2. The topological polar surface area (TPSA) is 53.4 Å². The fraction of sp³-hybridized carbons (Fsp3) is 0.333. The molecule has 120 valence electrons. The van der Waals surface area contributed by atoms with E-state index in [0.29, 0.717) is 18.3 Å². The highest BCUT2D eigenvalue weighted by molar-refractivity contribution is 5.90. The summed E-state index contributed by atoms with van der Waals surface area (Å²) >= 11 is 0. The number of aromatic nitrogens is 2. The molecule has 0 fully saturated rings. The molecule has 1 unspecified atom stereocenters. The first kappa shape index (κ1) is 15.3. The number of ether oxygens (including phenoxy) is 2. The van der Waals surface area contributed by atoms with Crippen molar-refractivity contribution >= 4 is 5.97 Å². The molecule has 5 nitrogen and oxygen atoms in total. The second-order valence-corrected chi connectivity index (χ2v) is 5.58. The van der Waals surface area contributed by atoms with Crippen molar-refractivity contribution in [2.45, 2.75) is 19.3 Å². The van der Waals surface area contributed by atoms with Crippen LogP contribution in [0.2, 0.25) is 0 Å². The van der Waals surface area contributed by atoms with Crippen molar-refractivity contribution in [2.24, 2.45) is 5.92 Å². The van der Waals surface area contributed by atoms with E-state index >= 15 is 0 Å².